The van der Waals surface area contributed by atoms with E-state index in [-0.39, 0.29) is 30.4 Å². The number of hydrogen-bond acceptors (Lipinski definition) is 16. The number of rotatable bonds is 15. The molecular weight excluding hydrogens is 651 g/mol. The molecule has 47 heavy (non-hydrogen) atoms. The Morgan fingerprint density at radius 2 is 1.49 bits per heavy atom. The van der Waals surface area contributed by atoms with Gasteiger partial charge in [-0.3, -0.25) is 0 Å². The van der Waals surface area contributed by atoms with Crippen LogP contribution < -0.4 is 10.1 Å². The smallest absolute Gasteiger partial charge is 0.152 e. The number of nitrogens with one attached hydrogen (secondary N) is 1. The van der Waals surface area contributed by atoms with Gasteiger partial charge in [-0.15, -0.1) is 18.9 Å². The molecule has 5 N–H and O–H groups in total. The van der Waals surface area contributed by atoms with E-state index >= 15 is 0 Å². The quantitative estimate of drug-likeness (QED) is 0.0306. The van der Waals surface area contributed by atoms with E-state index in [9.17, 15) is 10.2 Å². The summed E-state index contributed by atoms with van der Waals surface area (Å²) in [6, 6.07) is 26.8. The maximum Gasteiger partial charge on any atom is 0.152 e. The molecule has 0 aliphatic heterocycles. The highest BCUT2D eigenvalue weighted by molar-refractivity contribution is 7.94. The van der Waals surface area contributed by atoms with E-state index in [0.29, 0.717) is 55.2 Å². The maximum atomic E-state index is 11.3. The molecule has 0 aliphatic rings. The molecule has 0 fully saturated rings. The number of aromatic hydroxyl groups is 1. The second-order valence-electron chi connectivity index (χ2n) is 9.52. The fourth-order valence-corrected chi connectivity index (χ4v) is 5.14. The Hall–Kier alpha value is -4.62. The topological polar surface area (TPSA) is 189 Å². The molecular formula is C31H27N5O9S2. The van der Waals surface area contributed by atoms with Crippen molar-refractivity contribution >= 4 is 69.0 Å². The average Bonchev–Trinajstić information content (AvgIpc) is 3.09. The molecule has 0 atom stereocenters. The van der Waals surface area contributed by atoms with Gasteiger partial charge in [-0.05, 0) is 84.6 Å². The first-order valence-corrected chi connectivity index (χ1v) is 15.2. The number of phenolic OH excluding ortho intramolecular Hbond substituents is 1. The lowest BCUT2D eigenvalue weighted by molar-refractivity contribution is -0.432. The SMILES string of the molecule is Cc1cc(N=Nc2c(SOOO)cc3cc(Nc4ccccc4)ccc3c2O)c(OCCO)cc1N=Nc1ccc(SOOO)cc1. The van der Waals surface area contributed by atoms with E-state index in [1.54, 1.807) is 55.5 Å². The van der Waals surface area contributed by atoms with E-state index in [1.165, 1.54) is 0 Å². The summed E-state index contributed by atoms with van der Waals surface area (Å²) in [6.45, 7) is 1.53. The lowest BCUT2D eigenvalue weighted by Gasteiger charge is -2.12. The molecule has 0 heterocycles. The molecule has 242 valence electrons. The van der Waals surface area contributed by atoms with Crippen LogP contribution in [0.5, 0.6) is 11.5 Å². The summed E-state index contributed by atoms with van der Waals surface area (Å²) in [4.78, 5) is 0.965. The second kappa shape index (κ2) is 16.8. The van der Waals surface area contributed by atoms with E-state index in [4.69, 9.17) is 15.3 Å². The van der Waals surface area contributed by atoms with Crippen molar-refractivity contribution in [2.24, 2.45) is 20.5 Å². The summed E-state index contributed by atoms with van der Waals surface area (Å²) in [5.74, 6) is 0.0812. The second-order valence-corrected chi connectivity index (χ2v) is 11.0. The normalized spacial score (nSPS) is 11.6. The number of aliphatic hydroxyl groups is 1. The van der Waals surface area contributed by atoms with Gasteiger partial charge in [-0.25, -0.2) is 10.5 Å². The van der Waals surface area contributed by atoms with E-state index in [1.807, 2.05) is 42.5 Å². The lowest BCUT2D eigenvalue weighted by Crippen LogP contribution is -2.01. The Kier molecular flexibility index (Phi) is 12.1. The molecule has 14 nitrogen and oxygen atoms in total. The highest BCUT2D eigenvalue weighted by Gasteiger charge is 2.17. The summed E-state index contributed by atoms with van der Waals surface area (Å²) >= 11 is 1.45. The third-order valence-electron chi connectivity index (χ3n) is 6.42. The average molecular weight is 678 g/mol. The fourth-order valence-electron chi connectivity index (χ4n) is 4.29. The van der Waals surface area contributed by atoms with Gasteiger partial charge in [0.2, 0.25) is 0 Å². The van der Waals surface area contributed by atoms with Crippen molar-refractivity contribution in [2.45, 2.75) is 16.7 Å². The number of ether oxygens (including phenoxy) is 1. The van der Waals surface area contributed by atoms with Gasteiger partial charge in [0.25, 0.3) is 0 Å². The molecule has 16 heteroatoms. The molecule has 5 aromatic carbocycles. The summed E-state index contributed by atoms with van der Waals surface area (Å²) in [5.41, 5.74) is 3.73. The van der Waals surface area contributed by atoms with Crippen LogP contribution in [0.2, 0.25) is 0 Å². The van der Waals surface area contributed by atoms with Crippen molar-refractivity contribution in [1.29, 1.82) is 0 Å². The maximum absolute atomic E-state index is 11.3. The highest BCUT2D eigenvalue weighted by Crippen LogP contribution is 2.45. The molecule has 0 saturated heterocycles. The number of hydrogen-bond donors (Lipinski definition) is 5. The first kappa shape index (κ1) is 33.7. The lowest BCUT2D eigenvalue weighted by atomic mass is 10.1. The Morgan fingerprint density at radius 3 is 2.23 bits per heavy atom. The summed E-state index contributed by atoms with van der Waals surface area (Å²) in [7, 11) is 0. The van der Waals surface area contributed by atoms with Gasteiger partial charge in [0.1, 0.15) is 23.7 Å². The van der Waals surface area contributed by atoms with Gasteiger partial charge in [0.05, 0.1) is 47.0 Å². The summed E-state index contributed by atoms with van der Waals surface area (Å²) in [5, 5.41) is 66.9. The minimum absolute atomic E-state index is 0.0235. The summed E-state index contributed by atoms with van der Waals surface area (Å²) in [6.07, 6.45) is 0. The van der Waals surface area contributed by atoms with Gasteiger partial charge in [-0.2, -0.15) is 10.2 Å². The zero-order valence-corrected chi connectivity index (χ0v) is 26.1. The highest BCUT2D eigenvalue weighted by atomic mass is 32.2. The molecule has 0 amide bonds. The van der Waals surface area contributed by atoms with Crippen molar-refractivity contribution in [1.82, 2.24) is 0 Å². The number of nitrogens with zero attached hydrogens (tertiary/aromatic N) is 4. The fraction of sp³-hybridized carbons (Fsp3) is 0.0968. The van der Waals surface area contributed by atoms with Crippen molar-refractivity contribution in [3.8, 4) is 11.5 Å². The van der Waals surface area contributed by atoms with E-state index in [2.05, 4.69) is 44.5 Å². The van der Waals surface area contributed by atoms with Crippen LogP contribution in [0.4, 0.5) is 34.1 Å². The number of anilines is 2. The van der Waals surface area contributed by atoms with Crippen molar-refractivity contribution < 1.29 is 44.2 Å². The number of azo groups is 2. The van der Waals surface area contributed by atoms with E-state index in [0.717, 1.165) is 23.4 Å². The largest absolute Gasteiger partial charge is 0.505 e. The Labute approximate surface area is 276 Å². The molecule has 0 aromatic heterocycles. The molecule has 0 saturated carbocycles. The van der Waals surface area contributed by atoms with Gasteiger partial charge >= 0.3 is 0 Å². The van der Waals surface area contributed by atoms with Gasteiger partial charge in [-0.1, -0.05) is 28.3 Å². The van der Waals surface area contributed by atoms with Crippen LogP contribution in [0.25, 0.3) is 10.8 Å². The standard InChI is InChI=1S/C31H27N5O9S2/c1-19-15-27(28(41-14-13-37)18-26(19)34-33-22-7-10-24(11-8-22)46-44-42-39)35-36-30-29(47-45-43-40)17-20-16-23(9-12-25(20)31(30)38)32-21-5-3-2-4-6-21/h2-12,15-18,32,37-40H,13-14H2,1H3. The van der Waals surface area contributed by atoms with Crippen LogP contribution in [0, 0.1) is 6.92 Å². The molecule has 5 aromatic rings. The Bertz CT molecular complexity index is 1860. The molecule has 0 spiro atoms. The number of aryl methyl sites for hydroxylation is 1. The minimum Gasteiger partial charge on any atom is -0.505 e. The van der Waals surface area contributed by atoms with Crippen molar-refractivity contribution in [3.05, 3.63) is 96.6 Å². The van der Waals surface area contributed by atoms with Crippen LogP contribution in [0.1, 0.15) is 5.56 Å². The predicted octanol–water partition coefficient (Wildman–Crippen LogP) is 9.66. The third kappa shape index (κ3) is 9.01. The number of fused-ring (bicyclic) bond motifs is 1. The molecule has 0 radical (unpaired) electrons. The van der Waals surface area contributed by atoms with Crippen molar-refractivity contribution in [2.75, 3.05) is 18.5 Å². The zero-order valence-electron chi connectivity index (χ0n) is 24.5. The monoisotopic (exact) mass is 677 g/mol. The summed E-state index contributed by atoms with van der Waals surface area (Å²) < 4.78 is 14.8. The molecule has 0 aliphatic carbocycles. The van der Waals surface area contributed by atoms with Crippen LogP contribution in [0.15, 0.2) is 121 Å². The third-order valence-corrected chi connectivity index (χ3v) is 7.64. The number of aliphatic hydroxyl groups excluding tert-OH is 1. The predicted molar refractivity (Wildman–Crippen MR) is 175 cm³/mol. The van der Waals surface area contributed by atoms with Crippen LogP contribution in [-0.2, 0) is 18.7 Å². The molecule has 0 unspecified atom stereocenters. The number of phenols is 1. The number of benzene rings is 5. The van der Waals surface area contributed by atoms with Crippen LogP contribution in [-0.4, -0.2) is 33.9 Å². The van der Waals surface area contributed by atoms with Gasteiger partial charge in [0, 0.05) is 27.7 Å². The first-order chi connectivity index (χ1) is 23.0. The number of para-hydroxylation sites is 1. The molecule has 0 bridgehead atoms. The Balaban J connectivity index is 1.45. The Morgan fingerprint density at radius 1 is 0.745 bits per heavy atom. The minimum atomic E-state index is -0.247. The zero-order chi connectivity index (χ0) is 33.0. The van der Waals surface area contributed by atoms with Crippen LogP contribution in [0.3, 0.4) is 0 Å². The molecule has 5 rings (SSSR count). The first-order valence-electron chi connectivity index (χ1n) is 13.7. The van der Waals surface area contributed by atoms with E-state index < -0.39 is 0 Å². The van der Waals surface area contributed by atoms with Gasteiger partial charge < -0.3 is 20.3 Å². The van der Waals surface area contributed by atoms with Crippen molar-refractivity contribution in [3.63, 3.8) is 0 Å². The van der Waals surface area contributed by atoms with Crippen LogP contribution >= 0.6 is 24.1 Å². The van der Waals surface area contributed by atoms with Gasteiger partial charge in [0.15, 0.2) is 5.75 Å².